The van der Waals surface area contributed by atoms with E-state index in [1.54, 1.807) is 23.0 Å². The first-order chi connectivity index (χ1) is 14.6. The second kappa shape index (κ2) is 7.58. The van der Waals surface area contributed by atoms with Crippen molar-refractivity contribution in [3.63, 3.8) is 0 Å². The monoisotopic (exact) mass is 408 g/mol. The molecule has 5 heterocycles. The third-order valence-electron chi connectivity index (χ3n) is 5.05. The molecule has 156 valence electrons. The normalized spacial score (nSPS) is 18.2. The fourth-order valence-corrected chi connectivity index (χ4v) is 3.66. The van der Waals surface area contributed by atoms with Crippen LogP contribution in [0.5, 0.6) is 5.88 Å². The van der Waals surface area contributed by atoms with E-state index < -0.39 is 0 Å². The van der Waals surface area contributed by atoms with Crippen LogP contribution in [-0.4, -0.2) is 58.0 Å². The van der Waals surface area contributed by atoms with E-state index in [0.717, 1.165) is 35.6 Å². The van der Waals surface area contributed by atoms with Gasteiger partial charge in [-0.05, 0) is 32.0 Å². The van der Waals surface area contributed by atoms with E-state index in [-0.39, 0.29) is 12.1 Å². The molecular weight excluding hydrogens is 384 g/mol. The maximum atomic E-state index is 6.16. The van der Waals surface area contributed by atoms with Crippen LogP contribution >= 0.6 is 0 Å². The number of hydrogen-bond acceptors (Lipinski definition) is 8. The Hall–Kier alpha value is -3.17. The summed E-state index contributed by atoms with van der Waals surface area (Å²) in [5.74, 6) is 2.06. The zero-order valence-electron chi connectivity index (χ0n) is 17.0. The first-order valence-electron chi connectivity index (χ1n) is 10.1. The van der Waals surface area contributed by atoms with Crippen molar-refractivity contribution >= 4 is 22.4 Å². The average Bonchev–Trinajstić information content (AvgIpc) is 3.35. The Kier molecular flexibility index (Phi) is 4.76. The van der Waals surface area contributed by atoms with Gasteiger partial charge in [0.05, 0.1) is 24.3 Å². The number of rotatable bonds is 5. The van der Waals surface area contributed by atoms with Gasteiger partial charge in [0.2, 0.25) is 5.88 Å². The summed E-state index contributed by atoms with van der Waals surface area (Å²) < 4.78 is 19.2. The molecule has 1 saturated heterocycles. The molecule has 0 radical (unpaired) electrons. The van der Waals surface area contributed by atoms with Crippen molar-refractivity contribution in [2.45, 2.75) is 26.0 Å². The number of furan rings is 1. The zero-order valence-corrected chi connectivity index (χ0v) is 17.0. The molecule has 9 nitrogen and oxygen atoms in total. The summed E-state index contributed by atoms with van der Waals surface area (Å²) in [5, 5.41) is 5.51. The van der Waals surface area contributed by atoms with Crippen LogP contribution in [-0.2, 0) is 4.74 Å². The molecular formula is C21H24N6O3. The highest BCUT2D eigenvalue weighted by Crippen LogP contribution is 2.33. The third kappa shape index (κ3) is 3.46. The van der Waals surface area contributed by atoms with Crippen LogP contribution in [0, 0.1) is 0 Å². The minimum absolute atomic E-state index is 0.0750. The molecule has 1 aliphatic heterocycles. The number of imidazole rings is 1. The van der Waals surface area contributed by atoms with Gasteiger partial charge in [-0.2, -0.15) is 0 Å². The second-order valence-corrected chi connectivity index (χ2v) is 7.66. The van der Waals surface area contributed by atoms with Gasteiger partial charge in [-0.25, -0.2) is 14.5 Å². The molecule has 0 aliphatic carbocycles. The predicted octanol–water partition coefficient (Wildman–Crippen LogP) is 2.49. The van der Waals surface area contributed by atoms with Gasteiger partial charge in [0, 0.05) is 31.4 Å². The molecule has 30 heavy (non-hydrogen) atoms. The van der Waals surface area contributed by atoms with E-state index in [4.69, 9.17) is 19.6 Å². The molecule has 0 aromatic carbocycles. The fourth-order valence-electron chi connectivity index (χ4n) is 3.66. The smallest absolute Gasteiger partial charge is 0.231 e. The summed E-state index contributed by atoms with van der Waals surface area (Å²) in [6.07, 6.45) is 3.69. The Bertz CT molecular complexity index is 1180. The Balaban J connectivity index is 1.54. The van der Waals surface area contributed by atoms with Crippen LogP contribution in [0.25, 0.3) is 28.1 Å². The van der Waals surface area contributed by atoms with Crippen molar-refractivity contribution in [1.29, 1.82) is 0 Å². The SMILES string of the molecule is C[C@H](N)COc1ccc2ncc(-c3cc4c(N5CCO[C@H](C)C5)nccc4o3)n2n1. The van der Waals surface area contributed by atoms with Crippen LogP contribution in [0.3, 0.4) is 0 Å². The Labute approximate surface area is 173 Å². The zero-order chi connectivity index (χ0) is 20.7. The van der Waals surface area contributed by atoms with E-state index in [2.05, 4.69) is 26.9 Å². The maximum Gasteiger partial charge on any atom is 0.231 e. The van der Waals surface area contributed by atoms with Crippen LogP contribution in [0.1, 0.15) is 13.8 Å². The van der Waals surface area contributed by atoms with Gasteiger partial charge in [-0.15, -0.1) is 5.10 Å². The predicted molar refractivity (Wildman–Crippen MR) is 113 cm³/mol. The van der Waals surface area contributed by atoms with Gasteiger partial charge >= 0.3 is 0 Å². The highest BCUT2D eigenvalue weighted by atomic mass is 16.5. The molecule has 2 N–H and O–H groups in total. The van der Waals surface area contributed by atoms with Gasteiger partial charge in [-0.3, -0.25) is 0 Å². The van der Waals surface area contributed by atoms with Crippen molar-refractivity contribution in [3.8, 4) is 17.3 Å². The Morgan fingerprint density at radius 2 is 2.20 bits per heavy atom. The van der Waals surface area contributed by atoms with E-state index in [9.17, 15) is 0 Å². The molecule has 5 rings (SSSR count). The molecule has 9 heteroatoms. The topological polar surface area (TPSA) is 104 Å². The van der Waals surface area contributed by atoms with Crippen LogP contribution in [0.2, 0.25) is 0 Å². The minimum Gasteiger partial charge on any atom is -0.475 e. The summed E-state index contributed by atoms with van der Waals surface area (Å²) in [5.41, 5.74) is 8.00. The van der Waals surface area contributed by atoms with E-state index in [1.165, 1.54) is 0 Å². The van der Waals surface area contributed by atoms with Crippen molar-refractivity contribution in [2.24, 2.45) is 5.73 Å². The quantitative estimate of drug-likeness (QED) is 0.537. The van der Waals surface area contributed by atoms with Gasteiger partial charge in [-0.1, -0.05) is 0 Å². The number of ether oxygens (including phenoxy) is 2. The first-order valence-corrected chi connectivity index (χ1v) is 10.1. The molecule has 0 bridgehead atoms. The van der Waals surface area contributed by atoms with E-state index in [0.29, 0.717) is 30.5 Å². The van der Waals surface area contributed by atoms with Gasteiger partial charge in [0.15, 0.2) is 11.4 Å². The second-order valence-electron chi connectivity index (χ2n) is 7.66. The number of morpholine rings is 1. The van der Waals surface area contributed by atoms with Gasteiger partial charge < -0.3 is 24.5 Å². The lowest BCUT2D eigenvalue weighted by molar-refractivity contribution is 0.0530. The minimum atomic E-state index is -0.0750. The summed E-state index contributed by atoms with van der Waals surface area (Å²) >= 11 is 0. The molecule has 4 aromatic heterocycles. The molecule has 0 unspecified atom stereocenters. The van der Waals surface area contributed by atoms with Crippen molar-refractivity contribution < 1.29 is 13.9 Å². The molecule has 0 saturated carbocycles. The number of hydrogen-bond donors (Lipinski definition) is 1. The highest BCUT2D eigenvalue weighted by molar-refractivity contribution is 5.92. The average molecular weight is 408 g/mol. The fraction of sp³-hybridized carbons (Fsp3) is 0.381. The van der Waals surface area contributed by atoms with Crippen molar-refractivity contribution in [3.05, 3.63) is 36.7 Å². The van der Waals surface area contributed by atoms with Crippen LogP contribution in [0.15, 0.2) is 41.1 Å². The lowest BCUT2D eigenvalue weighted by Gasteiger charge is -2.32. The number of nitrogens with zero attached hydrogens (tertiary/aromatic N) is 5. The lowest BCUT2D eigenvalue weighted by Crippen LogP contribution is -2.41. The van der Waals surface area contributed by atoms with Crippen molar-refractivity contribution in [2.75, 3.05) is 31.2 Å². The number of anilines is 1. The molecule has 1 aliphatic rings. The highest BCUT2D eigenvalue weighted by Gasteiger charge is 2.22. The summed E-state index contributed by atoms with van der Waals surface area (Å²) in [6, 6.07) is 7.44. The first kappa shape index (κ1) is 18.8. The largest absolute Gasteiger partial charge is 0.475 e. The molecule has 2 atom stereocenters. The number of pyridine rings is 1. The maximum absolute atomic E-state index is 6.16. The molecule has 0 spiro atoms. The number of aromatic nitrogens is 4. The summed E-state index contributed by atoms with van der Waals surface area (Å²) in [4.78, 5) is 11.3. The molecule has 0 amide bonds. The summed E-state index contributed by atoms with van der Waals surface area (Å²) in [7, 11) is 0. The van der Waals surface area contributed by atoms with Crippen LogP contribution < -0.4 is 15.4 Å². The van der Waals surface area contributed by atoms with E-state index in [1.807, 2.05) is 25.1 Å². The molecule has 1 fully saturated rings. The van der Waals surface area contributed by atoms with E-state index >= 15 is 0 Å². The standard InChI is InChI=1S/C21H24N6O3/c1-13(22)12-29-20-4-3-19-24-10-16(27(19)25-20)18-9-15-17(30-18)5-6-23-21(15)26-7-8-28-14(2)11-26/h3-6,9-10,13-14H,7-8,11-12,22H2,1-2H3/t13-,14+/m0/s1. The van der Waals surface area contributed by atoms with Gasteiger partial charge in [0.1, 0.15) is 23.7 Å². The Morgan fingerprint density at radius 3 is 3.03 bits per heavy atom. The van der Waals surface area contributed by atoms with Crippen LogP contribution in [0.4, 0.5) is 5.82 Å². The third-order valence-corrected chi connectivity index (χ3v) is 5.05. The Morgan fingerprint density at radius 1 is 1.30 bits per heavy atom. The van der Waals surface area contributed by atoms with Gasteiger partial charge in [0.25, 0.3) is 0 Å². The molecule has 4 aromatic rings. The number of fused-ring (bicyclic) bond motifs is 2. The number of nitrogens with two attached hydrogens (primary N) is 1. The summed E-state index contributed by atoms with van der Waals surface area (Å²) in [6.45, 7) is 6.63. The lowest BCUT2D eigenvalue weighted by atomic mass is 10.2. The van der Waals surface area contributed by atoms with Crippen molar-refractivity contribution in [1.82, 2.24) is 19.6 Å².